The molecule has 0 radical (unpaired) electrons. The molecular weight excluding hydrogens is 190 g/mol. The first kappa shape index (κ1) is 12.3. The molecule has 88 valence electrons. The van der Waals surface area contributed by atoms with E-state index in [2.05, 4.69) is 13.8 Å². The molecule has 0 heterocycles. The summed E-state index contributed by atoms with van der Waals surface area (Å²) in [7, 11) is 0. The van der Waals surface area contributed by atoms with Gasteiger partial charge in [0.1, 0.15) is 5.60 Å². The third kappa shape index (κ3) is 3.73. The summed E-state index contributed by atoms with van der Waals surface area (Å²) >= 11 is 0. The molecule has 0 spiro atoms. The van der Waals surface area contributed by atoms with Gasteiger partial charge in [-0.1, -0.05) is 13.8 Å². The Balaban J connectivity index is 2.52. The summed E-state index contributed by atoms with van der Waals surface area (Å²) in [6.07, 6.45) is 1.96. The molecule has 1 amide bonds. The molecule has 15 heavy (non-hydrogen) atoms. The van der Waals surface area contributed by atoms with Gasteiger partial charge in [-0.15, -0.1) is 0 Å². The predicted octanol–water partition coefficient (Wildman–Crippen LogP) is 3.04. The van der Waals surface area contributed by atoms with Gasteiger partial charge in [0, 0.05) is 12.6 Å². The third-order valence-electron chi connectivity index (χ3n) is 2.56. The average molecular weight is 213 g/mol. The van der Waals surface area contributed by atoms with Crippen molar-refractivity contribution in [3.8, 4) is 0 Å². The highest BCUT2D eigenvalue weighted by Gasteiger charge is 2.41. The van der Waals surface area contributed by atoms with Gasteiger partial charge in [-0.3, -0.25) is 0 Å². The fraction of sp³-hybridized carbons (Fsp3) is 0.917. The molecule has 0 saturated heterocycles. The van der Waals surface area contributed by atoms with Crippen LogP contribution in [0.4, 0.5) is 4.79 Å². The summed E-state index contributed by atoms with van der Waals surface area (Å²) < 4.78 is 5.39. The van der Waals surface area contributed by atoms with Gasteiger partial charge in [0.2, 0.25) is 0 Å². The van der Waals surface area contributed by atoms with Gasteiger partial charge in [0.25, 0.3) is 0 Å². The monoisotopic (exact) mass is 213 g/mol. The molecule has 1 aliphatic carbocycles. The molecule has 0 N–H and O–H groups in total. The lowest BCUT2D eigenvalue weighted by molar-refractivity contribution is 0.0225. The van der Waals surface area contributed by atoms with Crippen molar-refractivity contribution in [3.63, 3.8) is 0 Å². The second kappa shape index (κ2) is 4.42. The quantitative estimate of drug-likeness (QED) is 0.721. The second-order valence-corrected chi connectivity index (χ2v) is 5.45. The summed E-state index contributed by atoms with van der Waals surface area (Å²) in [4.78, 5) is 13.8. The molecular formula is C12H23NO2. The van der Waals surface area contributed by atoms with E-state index in [9.17, 15) is 4.79 Å². The standard InChI is InChI=1S/C12H23NO2/c1-6-7-13(10-8-9(10)2)11(14)15-12(3,4)5/h9-10H,6-8H2,1-5H3. The molecule has 3 heteroatoms. The van der Waals surface area contributed by atoms with E-state index >= 15 is 0 Å². The summed E-state index contributed by atoms with van der Waals surface area (Å²) in [5.74, 6) is 0.643. The lowest BCUT2D eigenvalue weighted by atomic mass is 10.2. The smallest absolute Gasteiger partial charge is 0.410 e. The molecule has 3 nitrogen and oxygen atoms in total. The van der Waals surface area contributed by atoms with E-state index in [0.29, 0.717) is 12.0 Å². The SMILES string of the molecule is CCCN(C(=O)OC(C)(C)C)C1CC1C. The summed E-state index contributed by atoms with van der Waals surface area (Å²) in [6.45, 7) is 10.8. The lowest BCUT2D eigenvalue weighted by Gasteiger charge is -2.27. The number of carbonyl (C=O) groups excluding carboxylic acids is 1. The maximum Gasteiger partial charge on any atom is 0.410 e. The van der Waals surface area contributed by atoms with Crippen LogP contribution in [0.15, 0.2) is 0 Å². The van der Waals surface area contributed by atoms with Crippen LogP contribution in [0.3, 0.4) is 0 Å². The van der Waals surface area contributed by atoms with E-state index in [4.69, 9.17) is 4.74 Å². The van der Waals surface area contributed by atoms with E-state index in [1.165, 1.54) is 0 Å². The Morgan fingerprint density at radius 2 is 2.00 bits per heavy atom. The van der Waals surface area contributed by atoms with Crippen molar-refractivity contribution in [2.75, 3.05) is 6.54 Å². The topological polar surface area (TPSA) is 29.5 Å². The summed E-state index contributed by atoms with van der Waals surface area (Å²) in [5, 5.41) is 0. The van der Waals surface area contributed by atoms with Crippen molar-refractivity contribution < 1.29 is 9.53 Å². The molecule has 2 atom stereocenters. The minimum absolute atomic E-state index is 0.154. The van der Waals surface area contributed by atoms with Crippen molar-refractivity contribution in [2.24, 2.45) is 5.92 Å². The molecule has 1 saturated carbocycles. The fourth-order valence-electron chi connectivity index (χ4n) is 1.69. The zero-order valence-electron chi connectivity index (χ0n) is 10.5. The molecule has 0 aliphatic heterocycles. The third-order valence-corrected chi connectivity index (χ3v) is 2.56. The maximum absolute atomic E-state index is 11.9. The minimum Gasteiger partial charge on any atom is -0.444 e. The summed E-state index contributed by atoms with van der Waals surface area (Å²) in [5.41, 5.74) is -0.388. The van der Waals surface area contributed by atoms with Crippen LogP contribution in [0.1, 0.15) is 47.5 Å². The van der Waals surface area contributed by atoms with Gasteiger partial charge in [-0.2, -0.15) is 0 Å². The van der Waals surface area contributed by atoms with Crippen molar-refractivity contribution in [1.82, 2.24) is 4.90 Å². The molecule has 2 unspecified atom stereocenters. The first-order valence-corrected chi connectivity index (χ1v) is 5.84. The van der Waals surface area contributed by atoms with Crippen LogP contribution < -0.4 is 0 Å². The van der Waals surface area contributed by atoms with Crippen molar-refractivity contribution in [1.29, 1.82) is 0 Å². The highest BCUT2D eigenvalue weighted by Crippen LogP contribution is 2.35. The highest BCUT2D eigenvalue weighted by atomic mass is 16.6. The zero-order valence-corrected chi connectivity index (χ0v) is 10.5. The van der Waals surface area contributed by atoms with E-state index in [1.807, 2.05) is 25.7 Å². The maximum atomic E-state index is 11.9. The number of rotatable bonds is 3. The normalized spacial score (nSPS) is 24.9. The Labute approximate surface area is 92.8 Å². The zero-order chi connectivity index (χ0) is 11.6. The van der Waals surface area contributed by atoms with Crippen LogP contribution >= 0.6 is 0 Å². The number of hydrogen-bond acceptors (Lipinski definition) is 2. The molecule has 1 aliphatic rings. The molecule has 0 bridgehead atoms. The van der Waals surface area contributed by atoms with Gasteiger partial charge in [0.15, 0.2) is 0 Å². The van der Waals surface area contributed by atoms with Gasteiger partial charge in [-0.05, 0) is 39.5 Å². The molecule has 1 fully saturated rings. The average Bonchev–Trinajstić information content (AvgIpc) is 2.74. The minimum atomic E-state index is -0.388. The number of ether oxygens (including phenoxy) is 1. The van der Waals surface area contributed by atoms with Crippen LogP contribution in [-0.4, -0.2) is 29.2 Å². The number of hydrogen-bond donors (Lipinski definition) is 0. The Morgan fingerprint density at radius 3 is 2.33 bits per heavy atom. The largest absolute Gasteiger partial charge is 0.444 e. The van der Waals surface area contributed by atoms with Gasteiger partial charge >= 0.3 is 6.09 Å². The fourth-order valence-corrected chi connectivity index (χ4v) is 1.69. The number of carbonyl (C=O) groups is 1. The molecule has 0 aromatic carbocycles. The van der Waals surface area contributed by atoms with Crippen LogP contribution in [-0.2, 0) is 4.74 Å². The highest BCUT2D eigenvalue weighted by molar-refractivity contribution is 5.69. The van der Waals surface area contributed by atoms with Gasteiger partial charge < -0.3 is 9.64 Å². The van der Waals surface area contributed by atoms with Gasteiger partial charge in [0.05, 0.1) is 0 Å². The van der Waals surface area contributed by atoms with E-state index < -0.39 is 0 Å². The van der Waals surface area contributed by atoms with Crippen molar-refractivity contribution in [2.45, 2.75) is 59.1 Å². The van der Waals surface area contributed by atoms with Crippen molar-refractivity contribution >= 4 is 6.09 Å². The Hall–Kier alpha value is -0.730. The van der Waals surface area contributed by atoms with Crippen LogP contribution in [0.25, 0.3) is 0 Å². The van der Waals surface area contributed by atoms with E-state index in [-0.39, 0.29) is 11.7 Å². The summed E-state index contributed by atoms with van der Waals surface area (Å²) in [6, 6.07) is 0.416. The number of nitrogens with zero attached hydrogens (tertiary/aromatic N) is 1. The predicted molar refractivity (Wildman–Crippen MR) is 60.8 cm³/mol. The van der Waals surface area contributed by atoms with Crippen LogP contribution in [0.2, 0.25) is 0 Å². The Kier molecular flexibility index (Phi) is 3.63. The van der Waals surface area contributed by atoms with E-state index in [1.54, 1.807) is 0 Å². The van der Waals surface area contributed by atoms with Gasteiger partial charge in [-0.25, -0.2) is 4.79 Å². The Morgan fingerprint density at radius 1 is 1.47 bits per heavy atom. The van der Waals surface area contributed by atoms with E-state index in [0.717, 1.165) is 19.4 Å². The molecule has 1 rings (SSSR count). The first-order valence-electron chi connectivity index (χ1n) is 5.84. The second-order valence-electron chi connectivity index (χ2n) is 5.45. The lowest BCUT2D eigenvalue weighted by Crippen LogP contribution is -2.39. The first-order chi connectivity index (χ1) is 6.85. The Bertz CT molecular complexity index is 232. The van der Waals surface area contributed by atoms with Crippen LogP contribution in [0, 0.1) is 5.92 Å². The van der Waals surface area contributed by atoms with Crippen molar-refractivity contribution in [3.05, 3.63) is 0 Å². The molecule has 0 aromatic heterocycles. The van der Waals surface area contributed by atoms with Crippen LogP contribution in [0.5, 0.6) is 0 Å². The number of amides is 1. The molecule has 0 aromatic rings.